The van der Waals surface area contributed by atoms with E-state index in [1.165, 1.54) is 5.56 Å². The molecule has 2 aliphatic rings. The van der Waals surface area contributed by atoms with Crippen LogP contribution in [0.5, 0.6) is 0 Å². The maximum atomic E-state index is 13.2. The summed E-state index contributed by atoms with van der Waals surface area (Å²) in [6.07, 6.45) is 5.11. The number of aromatic nitrogens is 1. The lowest BCUT2D eigenvalue weighted by atomic mass is 9.95. The topological polar surface area (TPSA) is 110 Å². The molecule has 1 aromatic heterocycles. The quantitative estimate of drug-likeness (QED) is 0.486. The summed E-state index contributed by atoms with van der Waals surface area (Å²) in [6.45, 7) is 4.20. The number of aliphatic hydroxyl groups is 1. The number of piperidine rings is 1. The Morgan fingerprint density at radius 3 is 2.61 bits per heavy atom. The highest BCUT2D eigenvalue weighted by atomic mass is 16.3. The third-order valence-electron chi connectivity index (χ3n) is 6.14. The van der Waals surface area contributed by atoms with E-state index in [0.29, 0.717) is 30.3 Å². The smallest absolute Gasteiger partial charge is 0.324 e. The lowest BCUT2D eigenvalue weighted by molar-refractivity contribution is 0.0874. The van der Waals surface area contributed by atoms with Gasteiger partial charge in [0.15, 0.2) is 0 Å². The van der Waals surface area contributed by atoms with E-state index in [1.807, 2.05) is 18.5 Å². The molecule has 4 rings (SSSR count). The molecule has 8 nitrogen and oxygen atoms in total. The van der Waals surface area contributed by atoms with Gasteiger partial charge in [-0.15, -0.1) is 0 Å². The largest absolute Gasteiger partial charge is 0.389 e. The molecule has 0 aliphatic carbocycles. The van der Waals surface area contributed by atoms with Gasteiger partial charge in [-0.25, -0.2) is 4.79 Å². The van der Waals surface area contributed by atoms with Gasteiger partial charge in [0.05, 0.1) is 19.2 Å². The van der Waals surface area contributed by atoms with Crippen LogP contribution in [0.1, 0.15) is 24.0 Å². The first kappa shape index (κ1) is 21.3. The molecule has 2 aliphatic heterocycles. The van der Waals surface area contributed by atoms with Crippen LogP contribution < -0.4 is 10.6 Å². The third-order valence-corrected chi connectivity index (χ3v) is 6.14. The number of β-amino-alcohol motifs (C(OH)–C–C–N with tert-alkyl or cyclic N) is 1. The molecular weight excluding hydrogens is 392 g/mol. The Balaban J connectivity index is 1.36. The zero-order chi connectivity index (χ0) is 21.8. The van der Waals surface area contributed by atoms with Gasteiger partial charge < -0.3 is 15.7 Å². The number of carbonyl (C=O) groups is 1. The minimum Gasteiger partial charge on any atom is -0.389 e. The molecule has 0 radical (unpaired) electrons. The Labute approximate surface area is 182 Å². The van der Waals surface area contributed by atoms with Crippen molar-refractivity contribution in [2.75, 3.05) is 37.6 Å². The van der Waals surface area contributed by atoms with Crippen molar-refractivity contribution >= 4 is 17.6 Å². The van der Waals surface area contributed by atoms with E-state index in [2.05, 4.69) is 22.0 Å². The summed E-state index contributed by atoms with van der Waals surface area (Å²) in [6, 6.07) is 11.1. The summed E-state index contributed by atoms with van der Waals surface area (Å²) in [4.78, 5) is 23.1. The molecule has 164 valence electrons. The number of pyridine rings is 1. The van der Waals surface area contributed by atoms with Crippen molar-refractivity contribution in [2.24, 2.45) is 11.7 Å². The monoisotopic (exact) mass is 422 g/mol. The molecule has 1 unspecified atom stereocenters. The minimum atomic E-state index is -0.606. The number of nitrogen functional groups attached to an aromatic ring is 1. The molecule has 2 saturated heterocycles. The highest BCUT2D eigenvalue weighted by Gasteiger charge is 2.34. The van der Waals surface area contributed by atoms with E-state index >= 15 is 0 Å². The lowest BCUT2D eigenvalue weighted by Crippen LogP contribution is -2.57. The molecule has 2 fully saturated rings. The number of hydrogen-bond donors (Lipinski definition) is 3. The minimum absolute atomic E-state index is 0.0396. The summed E-state index contributed by atoms with van der Waals surface area (Å²) < 4.78 is 0. The number of urea groups is 1. The van der Waals surface area contributed by atoms with Crippen molar-refractivity contribution in [1.29, 1.82) is 5.41 Å². The van der Waals surface area contributed by atoms with E-state index in [0.717, 1.165) is 32.5 Å². The first-order chi connectivity index (χ1) is 15.0. The number of rotatable bonds is 6. The summed E-state index contributed by atoms with van der Waals surface area (Å²) in [5, 5.41) is 18.1. The molecule has 1 aromatic carbocycles. The average molecular weight is 423 g/mol. The van der Waals surface area contributed by atoms with Crippen LogP contribution in [0.3, 0.4) is 0 Å². The molecule has 31 heavy (non-hydrogen) atoms. The molecule has 2 amide bonds. The molecule has 3 heterocycles. The van der Waals surface area contributed by atoms with Crippen LogP contribution in [0, 0.1) is 11.3 Å². The van der Waals surface area contributed by atoms with E-state index in [9.17, 15) is 9.90 Å². The van der Waals surface area contributed by atoms with Crippen LogP contribution in [-0.2, 0) is 6.54 Å². The van der Waals surface area contributed by atoms with Crippen molar-refractivity contribution in [1.82, 2.24) is 14.8 Å². The second-order valence-corrected chi connectivity index (χ2v) is 8.49. The Hall–Kier alpha value is -2.97. The molecule has 1 atom stereocenters. The molecule has 4 N–H and O–H groups in total. The van der Waals surface area contributed by atoms with Crippen molar-refractivity contribution in [3.8, 4) is 0 Å². The van der Waals surface area contributed by atoms with E-state index in [1.54, 1.807) is 28.0 Å². The van der Waals surface area contributed by atoms with Crippen LogP contribution in [0.4, 0.5) is 10.5 Å². The van der Waals surface area contributed by atoms with Crippen molar-refractivity contribution in [3.63, 3.8) is 0 Å². The summed E-state index contributed by atoms with van der Waals surface area (Å²) in [7, 11) is 0. The fourth-order valence-corrected chi connectivity index (χ4v) is 4.44. The zero-order valence-corrected chi connectivity index (χ0v) is 17.7. The highest BCUT2D eigenvalue weighted by molar-refractivity contribution is 5.98. The van der Waals surface area contributed by atoms with Crippen molar-refractivity contribution in [3.05, 3.63) is 59.9 Å². The normalized spacial score (nSPS) is 20.8. The number of carbonyl (C=O) groups excluding carboxylic acids is 1. The van der Waals surface area contributed by atoms with Gasteiger partial charge in [0.1, 0.15) is 5.84 Å². The van der Waals surface area contributed by atoms with Crippen molar-refractivity contribution < 1.29 is 9.90 Å². The maximum Gasteiger partial charge on any atom is 0.324 e. The van der Waals surface area contributed by atoms with Gasteiger partial charge in [0.25, 0.3) is 0 Å². The van der Waals surface area contributed by atoms with Gasteiger partial charge in [0.2, 0.25) is 0 Å². The van der Waals surface area contributed by atoms with Gasteiger partial charge in [-0.1, -0.05) is 12.1 Å². The summed E-state index contributed by atoms with van der Waals surface area (Å²) in [5.74, 6) is 0.385. The molecule has 8 heteroatoms. The predicted molar refractivity (Wildman–Crippen MR) is 120 cm³/mol. The second-order valence-electron chi connectivity index (χ2n) is 8.49. The number of amides is 2. The SMILES string of the molecule is N=C(N)c1cccc(N2CC(O)CN(CC3CCN(Cc4ccncc4)CC3)C2=O)c1. The molecular formula is C23H30N6O2. The number of benzene rings is 1. The lowest BCUT2D eigenvalue weighted by Gasteiger charge is -2.41. The zero-order valence-electron chi connectivity index (χ0n) is 17.7. The van der Waals surface area contributed by atoms with Crippen molar-refractivity contribution in [2.45, 2.75) is 25.5 Å². The number of nitrogens with one attached hydrogen (secondary N) is 1. The molecule has 2 aromatic rings. The first-order valence-corrected chi connectivity index (χ1v) is 10.8. The van der Waals surface area contributed by atoms with Gasteiger partial charge in [-0.3, -0.25) is 20.2 Å². The summed E-state index contributed by atoms with van der Waals surface area (Å²) in [5.41, 5.74) is 8.10. The Morgan fingerprint density at radius 2 is 1.90 bits per heavy atom. The van der Waals surface area contributed by atoms with Crippen LogP contribution in [-0.4, -0.2) is 70.6 Å². The molecule has 0 spiro atoms. The Kier molecular flexibility index (Phi) is 6.48. The predicted octanol–water partition coefficient (Wildman–Crippen LogP) is 1.88. The van der Waals surface area contributed by atoms with E-state index < -0.39 is 6.10 Å². The van der Waals surface area contributed by atoms with Crippen LogP contribution in [0.15, 0.2) is 48.8 Å². The molecule has 0 bridgehead atoms. The number of likely N-dealkylation sites (tertiary alicyclic amines) is 1. The third kappa shape index (κ3) is 5.21. The number of nitrogens with zero attached hydrogens (tertiary/aromatic N) is 4. The van der Waals surface area contributed by atoms with Gasteiger partial charge in [0, 0.05) is 36.7 Å². The summed E-state index contributed by atoms with van der Waals surface area (Å²) >= 11 is 0. The number of anilines is 1. The van der Waals surface area contributed by atoms with Gasteiger partial charge in [-0.2, -0.15) is 0 Å². The fourth-order valence-electron chi connectivity index (χ4n) is 4.44. The number of amidine groups is 1. The maximum absolute atomic E-state index is 13.2. The van der Waals surface area contributed by atoms with E-state index in [-0.39, 0.29) is 18.4 Å². The molecule has 0 saturated carbocycles. The van der Waals surface area contributed by atoms with Crippen LogP contribution in [0.25, 0.3) is 0 Å². The Morgan fingerprint density at radius 1 is 1.16 bits per heavy atom. The van der Waals surface area contributed by atoms with E-state index in [4.69, 9.17) is 11.1 Å². The number of hydrogen-bond acceptors (Lipinski definition) is 5. The Bertz CT molecular complexity index is 913. The average Bonchev–Trinajstić information content (AvgIpc) is 2.78. The van der Waals surface area contributed by atoms with Crippen LogP contribution in [0.2, 0.25) is 0 Å². The number of nitrogens with two attached hydrogens (primary N) is 1. The standard InChI is InChI=1S/C23H30N6O2/c24-22(25)19-2-1-3-20(12-19)29-16-21(30)15-28(23(29)31)14-18-6-10-27(11-7-18)13-17-4-8-26-9-5-17/h1-5,8-9,12,18,21,30H,6-7,10-11,13-16H2,(H3,24,25). The van der Waals surface area contributed by atoms with Gasteiger partial charge in [-0.05, 0) is 61.7 Å². The fraction of sp³-hybridized carbons (Fsp3) is 0.435. The number of aliphatic hydroxyl groups excluding tert-OH is 1. The second kappa shape index (κ2) is 9.45. The first-order valence-electron chi connectivity index (χ1n) is 10.8. The van der Waals surface area contributed by atoms with Gasteiger partial charge >= 0.3 is 6.03 Å². The highest BCUT2D eigenvalue weighted by Crippen LogP contribution is 2.25. The van der Waals surface area contributed by atoms with Crippen LogP contribution >= 0.6 is 0 Å².